The lowest BCUT2D eigenvalue weighted by molar-refractivity contribution is 0.117. The first-order chi connectivity index (χ1) is 5.66. The highest BCUT2D eigenvalue weighted by Gasteiger charge is 1.92. The molecular weight excluding hydrogens is 152 g/mol. The van der Waals surface area contributed by atoms with Crippen LogP contribution >= 0.6 is 0 Å². The van der Waals surface area contributed by atoms with Crippen LogP contribution in [-0.2, 0) is 4.74 Å². The fourth-order valence-electron chi connectivity index (χ4n) is 0.685. The molecule has 0 amide bonds. The zero-order chi connectivity index (χ0) is 9.40. The van der Waals surface area contributed by atoms with Gasteiger partial charge in [0.15, 0.2) is 0 Å². The molecular formula is C9H20N2O. The van der Waals surface area contributed by atoms with Crippen LogP contribution in [0.5, 0.6) is 0 Å². The third-order valence-corrected chi connectivity index (χ3v) is 1.36. The van der Waals surface area contributed by atoms with E-state index < -0.39 is 0 Å². The number of nitrogens with zero attached hydrogens (tertiary/aromatic N) is 1. The van der Waals surface area contributed by atoms with Gasteiger partial charge in [0.05, 0.1) is 19.0 Å². The van der Waals surface area contributed by atoms with E-state index in [0.717, 1.165) is 13.0 Å². The van der Waals surface area contributed by atoms with Crippen molar-refractivity contribution in [3.8, 4) is 0 Å². The number of hydrogen-bond acceptors (Lipinski definition) is 2. The zero-order valence-corrected chi connectivity index (χ0v) is 8.34. The topological polar surface area (TPSA) is 47.6 Å². The minimum atomic E-state index is 0.595. The van der Waals surface area contributed by atoms with Gasteiger partial charge in [-0.25, -0.2) is 0 Å². The lowest BCUT2D eigenvalue weighted by atomic mass is 10.2. The third-order valence-electron chi connectivity index (χ3n) is 1.36. The van der Waals surface area contributed by atoms with Crippen molar-refractivity contribution in [2.45, 2.75) is 27.2 Å². The maximum atomic E-state index is 5.51. The molecule has 0 aromatic heterocycles. The van der Waals surface area contributed by atoms with Gasteiger partial charge in [0.2, 0.25) is 0 Å². The normalized spacial score (nSPS) is 12.5. The van der Waals surface area contributed by atoms with Gasteiger partial charge in [-0.15, -0.1) is 0 Å². The van der Waals surface area contributed by atoms with Crippen molar-refractivity contribution in [2.24, 2.45) is 16.6 Å². The van der Waals surface area contributed by atoms with Crippen LogP contribution in [0.25, 0.3) is 0 Å². The first-order valence-corrected chi connectivity index (χ1v) is 4.53. The second-order valence-corrected chi connectivity index (χ2v) is 3.20. The van der Waals surface area contributed by atoms with E-state index in [-0.39, 0.29) is 0 Å². The molecule has 0 rings (SSSR count). The monoisotopic (exact) mass is 172 g/mol. The summed E-state index contributed by atoms with van der Waals surface area (Å²) in [6, 6.07) is 0. The molecule has 3 nitrogen and oxygen atoms in total. The maximum Gasteiger partial charge on any atom is 0.0935 e. The maximum absolute atomic E-state index is 5.51. The Bertz CT molecular complexity index is 132. The van der Waals surface area contributed by atoms with E-state index in [4.69, 9.17) is 10.5 Å². The molecule has 0 heterocycles. The van der Waals surface area contributed by atoms with Crippen LogP contribution in [-0.4, -0.2) is 25.6 Å². The van der Waals surface area contributed by atoms with Gasteiger partial charge < -0.3 is 10.5 Å². The number of amidine groups is 1. The van der Waals surface area contributed by atoms with Crippen LogP contribution in [0.3, 0.4) is 0 Å². The van der Waals surface area contributed by atoms with E-state index in [9.17, 15) is 0 Å². The molecule has 0 saturated heterocycles. The lowest BCUT2D eigenvalue weighted by Gasteiger charge is -2.04. The molecule has 2 N–H and O–H groups in total. The second-order valence-electron chi connectivity index (χ2n) is 3.20. The SMILES string of the molecule is CCC(N)=NCCOCC(C)C. The van der Waals surface area contributed by atoms with Crippen LogP contribution in [0.15, 0.2) is 4.99 Å². The molecule has 0 aliphatic carbocycles. The van der Waals surface area contributed by atoms with E-state index in [2.05, 4.69) is 18.8 Å². The van der Waals surface area contributed by atoms with Crippen LogP contribution in [0.4, 0.5) is 0 Å². The summed E-state index contributed by atoms with van der Waals surface area (Å²) in [6.45, 7) is 8.42. The number of rotatable bonds is 6. The Hall–Kier alpha value is -0.570. The first-order valence-electron chi connectivity index (χ1n) is 4.53. The summed E-state index contributed by atoms with van der Waals surface area (Å²) < 4.78 is 5.33. The molecule has 0 bridgehead atoms. The molecule has 0 spiro atoms. The molecule has 0 unspecified atom stereocenters. The summed E-state index contributed by atoms with van der Waals surface area (Å²) in [4.78, 5) is 4.11. The molecule has 0 aliphatic rings. The van der Waals surface area contributed by atoms with Gasteiger partial charge >= 0.3 is 0 Å². The summed E-state index contributed by atoms with van der Waals surface area (Å²) in [6.07, 6.45) is 0.824. The smallest absolute Gasteiger partial charge is 0.0935 e. The van der Waals surface area contributed by atoms with E-state index in [0.29, 0.717) is 24.9 Å². The zero-order valence-electron chi connectivity index (χ0n) is 8.34. The molecule has 3 heteroatoms. The molecule has 0 saturated carbocycles. The number of nitrogens with two attached hydrogens (primary N) is 1. The van der Waals surface area contributed by atoms with E-state index in [1.807, 2.05) is 6.92 Å². The number of hydrogen-bond donors (Lipinski definition) is 1. The van der Waals surface area contributed by atoms with Crippen LogP contribution in [0, 0.1) is 5.92 Å². The van der Waals surface area contributed by atoms with Gasteiger partial charge in [-0.05, 0) is 5.92 Å². The van der Waals surface area contributed by atoms with Gasteiger partial charge in [0, 0.05) is 13.0 Å². The average Bonchev–Trinajstić information content (AvgIpc) is 2.03. The van der Waals surface area contributed by atoms with Crippen molar-refractivity contribution in [1.29, 1.82) is 0 Å². The molecule has 0 atom stereocenters. The summed E-state index contributed by atoms with van der Waals surface area (Å²) in [5.74, 6) is 1.31. The Morgan fingerprint density at radius 2 is 2.17 bits per heavy atom. The van der Waals surface area contributed by atoms with Gasteiger partial charge in [-0.3, -0.25) is 4.99 Å². The number of ether oxygens (including phenoxy) is 1. The Morgan fingerprint density at radius 3 is 2.67 bits per heavy atom. The Balaban J connectivity index is 3.21. The Kier molecular flexibility index (Phi) is 6.76. The van der Waals surface area contributed by atoms with Crippen LogP contribution in [0.2, 0.25) is 0 Å². The highest BCUT2D eigenvalue weighted by atomic mass is 16.5. The van der Waals surface area contributed by atoms with E-state index in [1.165, 1.54) is 0 Å². The molecule has 0 aromatic carbocycles. The second kappa shape index (κ2) is 7.10. The molecule has 0 aromatic rings. The summed E-state index contributed by atoms with van der Waals surface area (Å²) in [7, 11) is 0. The molecule has 72 valence electrons. The van der Waals surface area contributed by atoms with Gasteiger partial charge in [0.1, 0.15) is 0 Å². The minimum Gasteiger partial charge on any atom is -0.387 e. The largest absolute Gasteiger partial charge is 0.387 e. The van der Waals surface area contributed by atoms with Crippen molar-refractivity contribution in [3.05, 3.63) is 0 Å². The van der Waals surface area contributed by atoms with Crippen LogP contribution in [0.1, 0.15) is 27.2 Å². The van der Waals surface area contributed by atoms with Crippen molar-refractivity contribution >= 4 is 5.84 Å². The molecule has 0 aliphatic heterocycles. The van der Waals surface area contributed by atoms with Crippen LogP contribution < -0.4 is 5.73 Å². The first kappa shape index (κ1) is 11.4. The predicted octanol–water partition coefficient (Wildman–Crippen LogP) is 1.43. The summed E-state index contributed by atoms with van der Waals surface area (Å²) in [5, 5.41) is 0. The van der Waals surface area contributed by atoms with Gasteiger partial charge in [-0.1, -0.05) is 20.8 Å². The molecule has 12 heavy (non-hydrogen) atoms. The van der Waals surface area contributed by atoms with E-state index >= 15 is 0 Å². The Labute approximate surface area is 75.0 Å². The summed E-state index contributed by atoms with van der Waals surface area (Å²) >= 11 is 0. The number of aliphatic imine (C=N–C) groups is 1. The van der Waals surface area contributed by atoms with E-state index in [1.54, 1.807) is 0 Å². The highest BCUT2D eigenvalue weighted by molar-refractivity contribution is 5.79. The lowest BCUT2D eigenvalue weighted by Crippen LogP contribution is -2.12. The average molecular weight is 172 g/mol. The molecule has 0 radical (unpaired) electrons. The van der Waals surface area contributed by atoms with Gasteiger partial charge in [-0.2, -0.15) is 0 Å². The fourth-order valence-corrected chi connectivity index (χ4v) is 0.685. The quantitative estimate of drug-likeness (QED) is 0.374. The fraction of sp³-hybridized carbons (Fsp3) is 0.889. The minimum absolute atomic E-state index is 0.595. The predicted molar refractivity (Wildman–Crippen MR) is 52.4 cm³/mol. The Morgan fingerprint density at radius 1 is 1.50 bits per heavy atom. The van der Waals surface area contributed by atoms with Crippen molar-refractivity contribution in [1.82, 2.24) is 0 Å². The third kappa shape index (κ3) is 7.54. The molecule has 0 fully saturated rings. The van der Waals surface area contributed by atoms with Crippen molar-refractivity contribution < 1.29 is 4.74 Å². The van der Waals surface area contributed by atoms with Crippen molar-refractivity contribution in [3.63, 3.8) is 0 Å². The van der Waals surface area contributed by atoms with Crippen molar-refractivity contribution in [2.75, 3.05) is 19.8 Å². The highest BCUT2D eigenvalue weighted by Crippen LogP contribution is 1.91. The standard InChI is InChI=1S/C9H20N2O/c1-4-9(10)11-5-6-12-7-8(2)3/h8H,4-7H2,1-3H3,(H2,10,11). The summed E-state index contributed by atoms with van der Waals surface area (Å²) in [5.41, 5.74) is 5.51. The van der Waals surface area contributed by atoms with Gasteiger partial charge in [0.25, 0.3) is 0 Å².